The number of sulfonamides is 1. The smallest absolute Gasteiger partial charge is 0.261 e. The molecule has 1 aliphatic rings. The first kappa shape index (κ1) is 24.7. The molecule has 0 aromatic heterocycles. The molecule has 0 unspecified atom stereocenters. The maximum absolute atomic E-state index is 13.5. The largest absolute Gasteiger partial charge is 0.367 e. The molecular formula is C26H29FN4O3S. The van der Waals surface area contributed by atoms with Crippen LogP contribution in [0, 0.1) is 12.7 Å². The van der Waals surface area contributed by atoms with E-state index < -0.39 is 15.8 Å². The van der Waals surface area contributed by atoms with E-state index in [1.165, 1.54) is 31.2 Å². The van der Waals surface area contributed by atoms with E-state index in [-0.39, 0.29) is 16.4 Å². The van der Waals surface area contributed by atoms with Crippen LogP contribution in [0.2, 0.25) is 0 Å². The number of benzene rings is 3. The highest BCUT2D eigenvalue weighted by Crippen LogP contribution is 2.27. The van der Waals surface area contributed by atoms with Crippen molar-refractivity contribution in [3.05, 3.63) is 83.7 Å². The number of carbonyl (C=O) groups is 1. The van der Waals surface area contributed by atoms with E-state index in [0.29, 0.717) is 11.3 Å². The summed E-state index contributed by atoms with van der Waals surface area (Å²) in [6.07, 6.45) is 0. The van der Waals surface area contributed by atoms with Gasteiger partial charge >= 0.3 is 0 Å². The molecule has 1 saturated heterocycles. The molecule has 9 heteroatoms. The number of hydrogen-bond acceptors (Lipinski definition) is 5. The molecule has 3 aromatic carbocycles. The summed E-state index contributed by atoms with van der Waals surface area (Å²) in [6, 6.07) is 17.5. The van der Waals surface area contributed by atoms with Gasteiger partial charge in [-0.2, -0.15) is 0 Å². The van der Waals surface area contributed by atoms with Gasteiger partial charge in [-0.3, -0.25) is 9.52 Å². The molecule has 2 N–H and O–H groups in total. The van der Waals surface area contributed by atoms with Crippen LogP contribution < -0.4 is 14.9 Å². The molecule has 184 valence electrons. The van der Waals surface area contributed by atoms with Crippen LogP contribution in [0.25, 0.3) is 0 Å². The Hall–Kier alpha value is -3.43. The molecule has 4 rings (SSSR count). The molecule has 0 saturated carbocycles. The lowest BCUT2D eigenvalue weighted by molar-refractivity contribution is 0.102. The molecule has 1 amide bonds. The Morgan fingerprint density at radius 3 is 2.31 bits per heavy atom. The lowest BCUT2D eigenvalue weighted by atomic mass is 10.1. The summed E-state index contributed by atoms with van der Waals surface area (Å²) in [5.41, 5.74) is 2.66. The van der Waals surface area contributed by atoms with Crippen LogP contribution in [0.5, 0.6) is 0 Å². The van der Waals surface area contributed by atoms with Gasteiger partial charge in [0.25, 0.3) is 15.9 Å². The van der Waals surface area contributed by atoms with E-state index >= 15 is 0 Å². The number of anilines is 3. The van der Waals surface area contributed by atoms with Crippen LogP contribution in [0.3, 0.4) is 0 Å². The predicted octanol–water partition coefficient (Wildman–Crippen LogP) is 4.33. The molecular weight excluding hydrogens is 467 g/mol. The molecule has 35 heavy (non-hydrogen) atoms. The molecule has 0 radical (unpaired) electrons. The quantitative estimate of drug-likeness (QED) is 0.509. The minimum absolute atomic E-state index is 0.0328. The highest BCUT2D eigenvalue weighted by Gasteiger charge is 2.20. The third kappa shape index (κ3) is 5.80. The van der Waals surface area contributed by atoms with Crippen molar-refractivity contribution in [2.45, 2.75) is 18.7 Å². The molecule has 0 spiro atoms. The molecule has 1 heterocycles. The third-order valence-corrected chi connectivity index (χ3v) is 7.53. The standard InChI is InChI=1S/C26H29FN4O3S/c1-3-30-14-16-31(17-15-30)25-7-5-4-6-24(25)28-26(32)20-8-10-21(11-9-20)29-35(33,34)22-12-13-23(27)19(2)18-22/h4-13,18,29H,3,14-17H2,1-2H3,(H,28,32). The minimum atomic E-state index is -3.88. The van der Waals surface area contributed by atoms with Gasteiger partial charge in [-0.1, -0.05) is 19.1 Å². The SMILES string of the molecule is CCN1CCN(c2ccccc2NC(=O)c2ccc(NS(=O)(=O)c3ccc(F)c(C)c3)cc2)CC1. The molecule has 1 fully saturated rings. The topological polar surface area (TPSA) is 81.8 Å². The molecule has 0 aliphatic carbocycles. The van der Waals surface area contributed by atoms with Gasteiger partial charge in [0.05, 0.1) is 16.3 Å². The summed E-state index contributed by atoms with van der Waals surface area (Å²) in [5.74, 6) is -0.752. The number of hydrogen-bond donors (Lipinski definition) is 2. The monoisotopic (exact) mass is 496 g/mol. The van der Waals surface area contributed by atoms with Crippen LogP contribution >= 0.6 is 0 Å². The second-order valence-electron chi connectivity index (χ2n) is 8.49. The summed E-state index contributed by atoms with van der Waals surface area (Å²) >= 11 is 0. The van der Waals surface area contributed by atoms with Crippen molar-refractivity contribution < 1.29 is 17.6 Å². The summed E-state index contributed by atoms with van der Waals surface area (Å²) in [4.78, 5) is 17.6. The summed E-state index contributed by atoms with van der Waals surface area (Å²) < 4.78 is 41.2. The maximum Gasteiger partial charge on any atom is 0.261 e. The normalized spacial score (nSPS) is 14.5. The van der Waals surface area contributed by atoms with Crippen molar-refractivity contribution in [2.24, 2.45) is 0 Å². The minimum Gasteiger partial charge on any atom is -0.367 e. The first-order valence-corrected chi connectivity index (χ1v) is 13.0. The zero-order valence-electron chi connectivity index (χ0n) is 19.8. The zero-order valence-corrected chi connectivity index (χ0v) is 20.6. The molecule has 0 bridgehead atoms. The lowest BCUT2D eigenvalue weighted by Gasteiger charge is -2.36. The maximum atomic E-state index is 13.5. The fourth-order valence-corrected chi connectivity index (χ4v) is 5.19. The van der Waals surface area contributed by atoms with Crippen LogP contribution in [-0.4, -0.2) is 51.9 Å². The van der Waals surface area contributed by atoms with Crippen molar-refractivity contribution in [2.75, 3.05) is 47.7 Å². The van der Waals surface area contributed by atoms with E-state index in [9.17, 15) is 17.6 Å². The number of amides is 1. The predicted molar refractivity (Wildman–Crippen MR) is 137 cm³/mol. The molecule has 1 aliphatic heterocycles. The van der Waals surface area contributed by atoms with Crippen molar-refractivity contribution in [1.82, 2.24) is 4.90 Å². The van der Waals surface area contributed by atoms with Crippen molar-refractivity contribution in [3.63, 3.8) is 0 Å². The van der Waals surface area contributed by atoms with E-state index in [1.807, 2.05) is 24.3 Å². The summed E-state index contributed by atoms with van der Waals surface area (Å²) in [5, 5.41) is 2.99. The lowest BCUT2D eigenvalue weighted by Crippen LogP contribution is -2.46. The number of nitrogens with zero attached hydrogens (tertiary/aromatic N) is 2. The van der Waals surface area contributed by atoms with Crippen LogP contribution in [-0.2, 0) is 10.0 Å². The van der Waals surface area contributed by atoms with Gasteiger partial charge in [0.1, 0.15) is 5.82 Å². The van der Waals surface area contributed by atoms with Gasteiger partial charge in [0.2, 0.25) is 0 Å². The van der Waals surface area contributed by atoms with E-state index in [0.717, 1.165) is 50.2 Å². The number of piperazine rings is 1. The number of likely N-dealkylation sites (N-methyl/N-ethyl adjacent to an activating group) is 1. The van der Waals surface area contributed by atoms with E-state index in [1.54, 1.807) is 12.1 Å². The number of halogens is 1. The number of rotatable bonds is 7. The van der Waals surface area contributed by atoms with Crippen molar-refractivity contribution in [1.29, 1.82) is 0 Å². The van der Waals surface area contributed by atoms with E-state index in [2.05, 4.69) is 26.8 Å². The van der Waals surface area contributed by atoms with Crippen LogP contribution in [0.15, 0.2) is 71.6 Å². The average molecular weight is 497 g/mol. The fraction of sp³-hybridized carbons (Fsp3) is 0.269. The Balaban J connectivity index is 1.44. The van der Waals surface area contributed by atoms with Gasteiger partial charge in [-0.15, -0.1) is 0 Å². The first-order chi connectivity index (χ1) is 16.8. The number of para-hydroxylation sites is 2. The Kier molecular flexibility index (Phi) is 7.37. The fourth-order valence-electron chi connectivity index (χ4n) is 4.04. The van der Waals surface area contributed by atoms with Gasteiger partial charge < -0.3 is 15.1 Å². The third-order valence-electron chi connectivity index (χ3n) is 6.15. The second kappa shape index (κ2) is 10.5. The number of aryl methyl sites for hydroxylation is 1. The Bertz CT molecular complexity index is 1300. The highest BCUT2D eigenvalue weighted by atomic mass is 32.2. The molecule has 0 atom stereocenters. The van der Waals surface area contributed by atoms with Crippen LogP contribution in [0.1, 0.15) is 22.8 Å². The van der Waals surface area contributed by atoms with Gasteiger partial charge in [0, 0.05) is 37.4 Å². The van der Waals surface area contributed by atoms with Gasteiger partial charge in [-0.25, -0.2) is 12.8 Å². The van der Waals surface area contributed by atoms with E-state index in [4.69, 9.17) is 0 Å². The number of carbonyl (C=O) groups excluding carboxylic acids is 1. The first-order valence-electron chi connectivity index (χ1n) is 11.5. The van der Waals surface area contributed by atoms with Crippen LogP contribution in [0.4, 0.5) is 21.5 Å². The Morgan fingerprint density at radius 1 is 0.971 bits per heavy atom. The van der Waals surface area contributed by atoms with Gasteiger partial charge in [-0.05, 0) is 73.6 Å². The highest BCUT2D eigenvalue weighted by molar-refractivity contribution is 7.92. The molecule has 3 aromatic rings. The molecule has 7 nitrogen and oxygen atoms in total. The van der Waals surface area contributed by atoms with Crippen molar-refractivity contribution in [3.8, 4) is 0 Å². The zero-order chi connectivity index (χ0) is 25.0. The number of nitrogens with one attached hydrogen (secondary N) is 2. The summed E-state index contributed by atoms with van der Waals surface area (Å²) in [7, 11) is -3.88. The average Bonchev–Trinajstić information content (AvgIpc) is 2.86. The summed E-state index contributed by atoms with van der Waals surface area (Å²) in [6.45, 7) is 8.43. The van der Waals surface area contributed by atoms with Crippen molar-refractivity contribution >= 4 is 33.0 Å². The van der Waals surface area contributed by atoms with Gasteiger partial charge in [0.15, 0.2) is 0 Å². The Labute approximate surface area is 205 Å². The Morgan fingerprint density at radius 2 is 1.66 bits per heavy atom. The second-order valence-corrected chi connectivity index (χ2v) is 10.2.